The second-order valence-electron chi connectivity index (χ2n) is 3.75. The molecule has 0 aliphatic heterocycles. The fraction of sp³-hybridized carbons (Fsp3) is 0.455. The zero-order valence-electron chi connectivity index (χ0n) is 7.61. The summed E-state index contributed by atoms with van der Waals surface area (Å²) in [4.78, 5) is 0. The van der Waals surface area contributed by atoms with E-state index in [9.17, 15) is 8.78 Å². The topological polar surface area (TPSA) is 0 Å². The Kier molecular flexibility index (Phi) is 2.06. The molecule has 0 radical (unpaired) electrons. The smallest absolute Gasteiger partial charge is 0.129 e. The van der Waals surface area contributed by atoms with Gasteiger partial charge in [-0.2, -0.15) is 0 Å². The van der Waals surface area contributed by atoms with Gasteiger partial charge in [0.2, 0.25) is 0 Å². The molecule has 0 saturated carbocycles. The van der Waals surface area contributed by atoms with Crippen molar-refractivity contribution in [3.63, 3.8) is 0 Å². The molecule has 1 atom stereocenters. The van der Waals surface area contributed by atoms with E-state index < -0.39 is 5.82 Å². The van der Waals surface area contributed by atoms with Crippen LogP contribution in [0.1, 0.15) is 38.2 Å². The van der Waals surface area contributed by atoms with E-state index in [0.29, 0.717) is 0 Å². The molecule has 1 aromatic carbocycles. The van der Waals surface area contributed by atoms with Crippen molar-refractivity contribution in [3.05, 3.63) is 34.9 Å². The lowest BCUT2D eigenvalue weighted by atomic mass is 9.83. The van der Waals surface area contributed by atoms with Crippen LogP contribution in [0.3, 0.4) is 0 Å². The first-order valence-corrected chi connectivity index (χ1v) is 4.66. The van der Waals surface area contributed by atoms with E-state index in [1.54, 1.807) is 0 Å². The van der Waals surface area contributed by atoms with E-state index in [-0.39, 0.29) is 13.2 Å². The van der Waals surface area contributed by atoms with Crippen LogP contribution in [0.4, 0.5) is 8.78 Å². The van der Waals surface area contributed by atoms with Gasteiger partial charge in [-0.15, -0.1) is 0 Å². The van der Waals surface area contributed by atoms with Crippen LogP contribution in [0, 0.1) is 11.6 Å². The first-order chi connectivity index (χ1) is 6.18. The Balaban J connectivity index is 0.000000980. The predicted octanol–water partition coefficient (Wildman–Crippen LogP) is 3.65. The summed E-state index contributed by atoms with van der Waals surface area (Å²) >= 11 is 0. The van der Waals surface area contributed by atoms with Crippen LogP contribution in [-0.2, 0) is 6.42 Å². The van der Waals surface area contributed by atoms with Gasteiger partial charge in [-0.3, -0.25) is 0 Å². The predicted molar refractivity (Wildman–Crippen MR) is 49.8 cm³/mol. The highest BCUT2D eigenvalue weighted by Crippen LogP contribution is 2.33. The molecule has 0 spiro atoms. The van der Waals surface area contributed by atoms with Gasteiger partial charge in [0.15, 0.2) is 0 Å². The molecule has 0 saturated heterocycles. The van der Waals surface area contributed by atoms with Crippen LogP contribution in [0.5, 0.6) is 0 Å². The van der Waals surface area contributed by atoms with E-state index in [0.717, 1.165) is 36.5 Å². The van der Waals surface area contributed by atoms with Gasteiger partial charge in [-0.25, -0.2) is 8.78 Å². The molecule has 13 heavy (non-hydrogen) atoms. The fourth-order valence-electron chi connectivity index (χ4n) is 2.14. The van der Waals surface area contributed by atoms with E-state index in [4.69, 9.17) is 0 Å². The zero-order valence-corrected chi connectivity index (χ0v) is 7.61. The molecule has 0 bridgehead atoms. The number of aryl methyl sites for hydroxylation is 1. The Morgan fingerprint density at radius 3 is 2.92 bits per heavy atom. The highest BCUT2D eigenvalue weighted by molar-refractivity contribution is 5.34. The summed E-state index contributed by atoms with van der Waals surface area (Å²) in [5, 5.41) is 0. The van der Waals surface area contributed by atoms with Gasteiger partial charge >= 0.3 is 0 Å². The molecule has 1 aliphatic carbocycles. The van der Waals surface area contributed by atoms with Crippen LogP contribution in [0.2, 0.25) is 0 Å². The maximum absolute atomic E-state index is 13.3. The number of rotatable bonds is 0. The summed E-state index contributed by atoms with van der Waals surface area (Å²) in [5.41, 5.74) is 1.59. The van der Waals surface area contributed by atoms with E-state index in [1.165, 1.54) is 6.07 Å². The molecule has 0 nitrogen and oxygen atoms in total. The Bertz CT molecular complexity index is 336. The van der Waals surface area contributed by atoms with Gasteiger partial charge in [0.05, 0.1) is 0 Å². The first-order valence-electron chi connectivity index (χ1n) is 4.66. The maximum atomic E-state index is 13.3. The lowest BCUT2D eigenvalue weighted by Crippen LogP contribution is -2.10. The van der Waals surface area contributed by atoms with Gasteiger partial charge in [-0.1, -0.05) is 6.92 Å². The third-order valence-electron chi connectivity index (χ3n) is 2.76. The van der Waals surface area contributed by atoms with Crippen molar-refractivity contribution >= 4 is 0 Å². The van der Waals surface area contributed by atoms with Gasteiger partial charge in [0.25, 0.3) is 0 Å². The number of fused-ring (bicyclic) bond motifs is 1. The SMILES string of the molecule is CC1CCCc2cc(F)cc(F)c21.[HH]. The Morgan fingerprint density at radius 1 is 1.38 bits per heavy atom. The van der Waals surface area contributed by atoms with Crippen LogP contribution in [-0.4, -0.2) is 0 Å². The van der Waals surface area contributed by atoms with E-state index >= 15 is 0 Å². The zero-order chi connectivity index (χ0) is 9.42. The third kappa shape index (κ3) is 1.45. The molecule has 0 fully saturated rings. The minimum absolute atomic E-state index is 0. The van der Waals surface area contributed by atoms with Crippen molar-refractivity contribution in [2.24, 2.45) is 0 Å². The lowest BCUT2D eigenvalue weighted by Gasteiger charge is -2.22. The average Bonchev–Trinajstić information content (AvgIpc) is 2.02. The fourth-order valence-corrected chi connectivity index (χ4v) is 2.14. The molecule has 0 amide bonds. The first kappa shape index (κ1) is 8.67. The quantitative estimate of drug-likeness (QED) is 0.577. The van der Waals surface area contributed by atoms with Crippen molar-refractivity contribution < 1.29 is 10.2 Å². The summed E-state index contributed by atoms with van der Waals surface area (Å²) in [5.74, 6) is -0.586. The highest BCUT2D eigenvalue weighted by atomic mass is 19.1. The summed E-state index contributed by atoms with van der Waals surface area (Å²) in [7, 11) is 0. The molecule has 1 unspecified atom stereocenters. The summed E-state index contributed by atoms with van der Waals surface area (Å²) in [6.07, 6.45) is 2.86. The van der Waals surface area contributed by atoms with Crippen LogP contribution in [0.25, 0.3) is 0 Å². The van der Waals surface area contributed by atoms with Crippen LogP contribution in [0.15, 0.2) is 12.1 Å². The van der Waals surface area contributed by atoms with Crippen molar-refractivity contribution in [2.75, 3.05) is 0 Å². The summed E-state index contributed by atoms with van der Waals surface area (Å²) in [6, 6.07) is 2.45. The molecular formula is C11H14F2. The largest absolute Gasteiger partial charge is 0.207 e. The third-order valence-corrected chi connectivity index (χ3v) is 2.76. The second-order valence-corrected chi connectivity index (χ2v) is 3.75. The number of hydrogen-bond acceptors (Lipinski definition) is 0. The van der Waals surface area contributed by atoms with Gasteiger partial charge in [-0.05, 0) is 42.4 Å². The minimum atomic E-state index is -0.453. The Labute approximate surface area is 78.1 Å². The van der Waals surface area contributed by atoms with Crippen LogP contribution < -0.4 is 0 Å². The van der Waals surface area contributed by atoms with Crippen molar-refractivity contribution in [3.8, 4) is 0 Å². The standard InChI is InChI=1S/C11H12F2.H2/c1-7-3-2-4-8-5-9(12)6-10(13)11(7)8;/h5-7H,2-4H2,1H3;1H. The normalized spacial score (nSPS) is 21.3. The van der Waals surface area contributed by atoms with E-state index in [2.05, 4.69) is 0 Å². The second kappa shape index (κ2) is 3.09. The highest BCUT2D eigenvalue weighted by Gasteiger charge is 2.20. The van der Waals surface area contributed by atoms with Crippen molar-refractivity contribution in [2.45, 2.75) is 32.1 Å². The molecule has 1 aliphatic rings. The van der Waals surface area contributed by atoms with Gasteiger partial charge in [0, 0.05) is 7.49 Å². The van der Waals surface area contributed by atoms with Gasteiger partial charge in [0.1, 0.15) is 11.6 Å². The molecule has 72 valence electrons. The lowest BCUT2D eigenvalue weighted by molar-refractivity contribution is 0.514. The minimum Gasteiger partial charge on any atom is -0.207 e. The molecule has 2 heteroatoms. The van der Waals surface area contributed by atoms with Crippen molar-refractivity contribution in [1.82, 2.24) is 0 Å². The number of benzene rings is 1. The molecule has 1 aromatic rings. The molecule has 0 heterocycles. The average molecular weight is 184 g/mol. The van der Waals surface area contributed by atoms with Crippen LogP contribution >= 0.6 is 0 Å². The molecule has 0 aromatic heterocycles. The van der Waals surface area contributed by atoms with E-state index in [1.807, 2.05) is 6.92 Å². The summed E-state index contributed by atoms with van der Waals surface area (Å²) < 4.78 is 26.2. The Morgan fingerprint density at radius 2 is 2.15 bits per heavy atom. The molecule has 0 N–H and O–H groups in total. The monoisotopic (exact) mass is 184 g/mol. The molecular weight excluding hydrogens is 170 g/mol. The number of halogens is 2. The summed E-state index contributed by atoms with van der Waals surface area (Å²) in [6.45, 7) is 2.00. The molecule has 2 rings (SSSR count). The van der Waals surface area contributed by atoms with Crippen molar-refractivity contribution in [1.29, 1.82) is 0 Å². The number of hydrogen-bond donors (Lipinski definition) is 0. The Hall–Kier alpha value is -0.920. The van der Waals surface area contributed by atoms with Gasteiger partial charge < -0.3 is 0 Å². The maximum Gasteiger partial charge on any atom is 0.129 e.